The molecule has 0 saturated carbocycles. The lowest BCUT2D eigenvalue weighted by Gasteiger charge is -2.10. The van der Waals surface area contributed by atoms with Crippen LogP contribution in [-0.2, 0) is 23.0 Å². The van der Waals surface area contributed by atoms with Crippen molar-refractivity contribution >= 4 is 21.9 Å². The van der Waals surface area contributed by atoms with E-state index in [1.54, 1.807) is 11.6 Å². The van der Waals surface area contributed by atoms with E-state index in [1.165, 1.54) is 0 Å². The lowest BCUT2D eigenvalue weighted by atomic mass is 10.1. The van der Waals surface area contributed by atoms with Crippen molar-refractivity contribution < 1.29 is 9.53 Å². The smallest absolute Gasteiger partial charge is 0.323 e. The molecule has 0 spiro atoms. The fourth-order valence-electron chi connectivity index (χ4n) is 1.44. The summed E-state index contributed by atoms with van der Waals surface area (Å²) >= 11 is 3.43. The fraction of sp³-hybridized carbons (Fsp3) is 0.600. The van der Waals surface area contributed by atoms with Gasteiger partial charge in [-0.2, -0.15) is 5.10 Å². The van der Waals surface area contributed by atoms with E-state index in [4.69, 9.17) is 10.5 Å². The number of hydrogen-bond acceptors (Lipinski definition) is 4. The van der Waals surface area contributed by atoms with E-state index in [2.05, 4.69) is 21.0 Å². The average Bonchev–Trinajstić information content (AvgIpc) is 2.45. The van der Waals surface area contributed by atoms with Gasteiger partial charge in [0.15, 0.2) is 0 Å². The van der Waals surface area contributed by atoms with Gasteiger partial charge in [0.05, 0.1) is 22.5 Å². The fourth-order valence-corrected chi connectivity index (χ4v) is 1.94. The zero-order valence-corrected chi connectivity index (χ0v) is 11.2. The van der Waals surface area contributed by atoms with Gasteiger partial charge in [0, 0.05) is 13.5 Å². The van der Waals surface area contributed by atoms with Gasteiger partial charge in [0.1, 0.15) is 6.04 Å². The number of esters is 1. The van der Waals surface area contributed by atoms with E-state index in [-0.39, 0.29) is 5.97 Å². The number of carbonyl (C=O) groups is 1. The summed E-state index contributed by atoms with van der Waals surface area (Å²) in [5, 5.41) is 4.23. The molecule has 0 radical (unpaired) electrons. The van der Waals surface area contributed by atoms with Crippen LogP contribution < -0.4 is 5.73 Å². The molecule has 1 heterocycles. The molecule has 16 heavy (non-hydrogen) atoms. The van der Waals surface area contributed by atoms with Crippen molar-refractivity contribution in [3.63, 3.8) is 0 Å². The van der Waals surface area contributed by atoms with Crippen LogP contribution in [0.5, 0.6) is 0 Å². The van der Waals surface area contributed by atoms with Crippen molar-refractivity contribution in [2.45, 2.75) is 26.3 Å². The molecular formula is C10H16BrN3O2. The molecule has 0 aliphatic rings. The SMILES string of the molecule is CCOC(=O)C(N)Cc1c(Br)c(C)nn1C. The molecule has 0 aliphatic heterocycles. The first-order valence-electron chi connectivity index (χ1n) is 5.07. The molecule has 1 atom stereocenters. The van der Waals surface area contributed by atoms with Crippen molar-refractivity contribution in [3.05, 3.63) is 15.9 Å². The monoisotopic (exact) mass is 289 g/mol. The van der Waals surface area contributed by atoms with E-state index in [0.29, 0.717) is 13.0 Å². The van der Waals surface area contributed by atoms with Crippen LogP contribution in [0, 0.1) is 6.92 Å². The Morgan fingerprint density at radius 3 is 2.75 bits per heavy atom. The van der Waals surface area contributed by atoms with E-state index in [1.807, 2.05) is 14.0 Å². The Balaban J connectivity index is 2.76. The first kappa shape index (κ1) is 13.2. The Labute approximate surface area is 103 Å². The number of aryl methyl sites for hydroxylation is 2. The molecule has 5 nitrogen and oxygen atoms in total. The van der Waals surface area contributed by atoms with Gasteiger partial charge in [0.2, 0.25) is 0 Å². The van der Waals surface area contributed by atoms with Gasteiger partial charge in [-0.05, 0) is 29.8 Å². The molecule has 90 valence electrons. The summed E-state index contributed by atoms with van der Waals surface area (Å²) < 4.78 is 7.47. The predicted octanol–water partition coefficient (Wildman–Crippen LogP) is 0.924. The Bertz CT molecular complexity index is 390. The minimum Gasteiger partial charge on any atom is -0.465 e. The summed E-state index contributed by atoms with van der Waals surface area (Å²) in [6.45, 7) is 4.00. The lowest BCUT2D eigenvalue weighted by molar-refractivity contribution is -0.144. The zero-order valence-electron chi connectivity index (χ0n) is 9.66. The highest BCUT2D eigenvalue weighted by atomic mass is 79.9. The highest BCUT2D eigenvalue weighted by Crippen LogP contribution is 2.21. The predicted molar refractivity (Wildman–Crippen MR) is 64.0 cm³/mol. The number of aromatic nitrogens is 2. The van der Waals surface area contributed by atoms with Gasteiger partial charge in [-0.3, -0.25) is 9.48 Å². The molecule has 6 heteroatoms. The van der Waals surface area contributed by atoms with E-state index in [9.17, 15) is 4.79 Å². The van der Waals surface area contributed by atoms with Gasteiger partial charge in [-0.15, -0.1) is 0 Å². The largest absolute Gasteiger partial charge is 0.465 e. The number of halogens is 1. The summed E-state index contributed by atoms with van der Waals surface area (Å²) in [6, 6.07) is -0.647. The second kappa shape index (κ2) is 5.45. The van der Waals surface area contributed by atoms with Crippen LogP contribution in [0.15, 0.2) is 4.47 Å². The Morgan fingerprint density at radius 2 is 2.31 bits per heavy atom. The second-order valence-electron chi connectivity index (χ2n) is 3.53. The third-order valence-corrected chi connectivity index (χ3v) is 3.30. The Kier molecular flexibility index (Phi) is 4.49. The van der Waals surface area contributed by atoms with Crippen LogP contribution in [0.3, 0.4) is 0 Å². The van der Waals surface area contributed by atoms with E-state index >= 15 is 0 Å². The minimum absolute atomic E-state index is 0.345. The van der Waals surface area contributed by atoms with Gasteiger partial charge in [-0.25, -0.2) is 0 Å². The third kappa shape index (κ3) is 2.82. The van der Waals surface area contributed by atoms with Crippen molar-refractivity contribution in [2.24, 2.45) is 12.8 Å². The number of hydrogen-bond donors (Lipinski definition) is 1. The number of nitrogens with zero attached hydrogens (tertiary/aromatic N) is 2. The van der Waals surface area contributed by atoms with Gasteiger partial charge in [0.25, 0.3) is 0 Å². The van der Waals surface area contributed by atoms with Crippen LogP contribution in [0.4, 0.5) is 0 Å². The first-order chi connectivity index (χ1) is 7.47. The molecule has 2 N–H and O–H groups in total. The van der Waals surface area contributed by atoms with E-state index < -0.39 is 6.04 Å². The maximum absolute atomic E-state index is 11.4. The second-order valence-corrected chi connectivity index (χ2v) is 4.33. The lowest BCUT2D eigenvalue weighted by Crippen LogP contribution is -2.35. The number of carbonyl (C=O) groups excluding carboxylic acids is 1. The van der Waals surface area contributed by atoms with Crippen molar-refractivity contribution in [2.75, 3.05) is 6.61 Å². The van der Waals surface area contributed by atoms with Gasteiger partial charge in [-0.1, -0.05) is 0 Å². The molecule has 1 aromatic rings. The van der Waals surface area contributed by atoms with E-state index in [0.717, 1.165) is 15.9 Å². The number of nitrogens with two attached hydrogens (primary N) is 1. The summed E-state index contributed by atoms with van der Waals surface area (Å²) in [7, 11) is 1.82. The van der Waals surface area contributed by atoms with Crippen molar-refractivity contribution in [3.8, 4) is 0 Å². The highest BCUT2D eigenvalue weighted by molar-refractivity contribution is 9.10. The maximum atomic E-state index is 11.4. The topological polar surface area (TPSA) is 70.1 Å². The highest BCUT2D eigenvalue weighted by Gasteiger charge is 2.20. The molecule has 0 fully saturated rings. The number of rotatable bonds is 4. The zero-order chi connectivity index (χ0) is 12.3. The maximum Gasteiger partial charge on any atom is 0.323 e. The van der Waals surface area contributed by atoms with Crippen LogP contribution in [0.2, 0.25) is 0 Å². The Hall–Kier alpha value is -0.880. The van der Waals surface area contributed by atoms with Crippen LogP contribution in [0.25, 0.3) is 0 Å². The normalized spacial score (nSPS) is 12.6. The molecule has 1 aromatic heterocycles. The molecular weight excluding hydrogens is 274 g/mol. The average molecular weight is 290 g/mol. The number of ether oxygens (including phenoxy) is 1. The standard InChI is InChI=1S/C10H16BrN3O2/c1-4-16-10(15)7(12)5-8-9(11)6(2)13-14(8)3/h7H,4-5,12H2,1-3H3. The molecule has 0 aromatic carbocycles. The van der Waals surface area contributed by atoms with Gasteiger partial charge >= 0.3 is 5.97 Å². The van der Waals surface area contributed by atoms with Crippen LogP contribution in [-0.4, -0.2) is 28.4 Å². The summed E-state index contributed by atoms with van der Waals surface area (Å²) in [5.41, 5.74) is 7.53. The van der Waals surface area contributed by atoms with Crippen molar-refractivity contribution in [1.29, 1.82) is 0 Å². The van der Waals surface area contributed by atoms with Crippen LogP contribution >= 0.6 is 15.9 Å². The molecule has 0 amide bonds. The molecule has 1 rings (SSSR count). The van der Waals surface area contributed by atoms with Crippen LogP contribution in [0.1, 0.15) is 18.3 Å². The molecule has 0 bridgehead atoms. The summed E-state index contributed by atoms with van der Waals surface area (Å²) in [4.78, 5) is 11.4. The summed E-state index contributed by atoms with van der Waals surface area (Å²) in [6.07, 6.45) is 0.413. The summed E-state index contributed by atoms with van der Waals surface area (Å²) in [5.74, 6) is -0.381. The molecule has 1 unspecified atom stereocenters. The van der Waals surface area contributed by atoms with Crippen molar-refractivity contribution in [1.82, 2.24) is 9.78 Å². The molecule has 0 aliphatic carbocycles. The minimum atomic E-state index is -0.647. The third-order valence-electron chi connectivity index (χ3n) is 2.26. The molecule has 0 saturated heterocycles. The van der Waals surface area contributed by atoms with Gasteiger partial charge < -0.3 is 10.5 Å². The first-order valence-corrected chi connectivity index (χ1v) is 5.86. The quantitative estimate of drug-likeness (QED) is 0.837. The Morgan fingerprint density at radius 1 is 1.69 bits per heavy atom.